The van der Waals surface area contributed by atoms with Crippen molar-refractivity contribution in [3.63, 3.8) is 0 Å². The number of likely N-dealkylation sites (N-methyl/N-ethyl adjacent to an activating group) is 1. The Morgan fingerprint density at radius 1 is 1.03 bits per heavy atom. The lowest BCUT2D eigenvalue weighted by atomic mass is 9.82. The zero-order valence-corrected chi connectivity index (χ0v) is 17.5. The molecule has 5 heteroatoms. The van der Waals surface area contributed by atoms with E-state index in [1.54, 1.807) is 24.3 Å². The summed E-state index contributed by atoms with van der Waals surface area (Å²) < 4.78 is 0. The van der Waals surface area contributed by atoms with Crippen LogP contribution in [0.15, 0.2) is 48.5 Å². The lowest BCUT2D eigenvalue weighted by molar-refractivity contribution is -0.121. The SMILES string of the molecule is CCNC(=O)C(c1ccc(C(=O)O)cc1)c1ccccc1N1CC2CCCCC2C1. The van der Waals surface area contributed by atoms with E-state index >= 15 is 0 Å². The van der Waals surface area contributed by atoms with Crippen LogP contribution < -0.4 is 10.2 Å². The molecule has 5 nitrogen and oxygen atoms in total. The van der Waals surface area contributed by atoms with E-state index in [9.17, 15) is 14.7 Å². The van der Waals surface area contributed by atoms with Crippen molar-refractivity contribution in [3.8, 4) is 0 Å². The fraction of sp³-hybridized carbons (Fsp3) is 0.440. The number of carbonyl (C=O) groups excluding carboxylic acids is 1. The molecule has 4 rings (SSSR count). The van der Waals surface area contributed by atoms with E-state index in [0.29, 0.717) is 6.54 Å². The first-order valence-electron chi connectivity index (χ1n) is 11.0. The zero-order valence-electron chi connectivity index (χ0n) is 17.5. The Morgan fingerprint density at radius 2 is 1.67 bits per heavy atom. The van der Waals surface area contributed by atoms with Gasteiger partial charge in [-0.05, 0) is 60.9 Å². The van der Waals surface area contributed by atoms with Crippen LogP contribution in [0.3, 0.4) is 0 Å². The normalized spacial score (nSPS) is 21.7. The molecular formula is C25H30N2O3. The number of carboxylic acids is 1. The summed E-state index contributed by atoms with van der Waals surface area (Å²) in [5, 5.41) is 12.2. The predicted octanol–water partition coefficient (Wildman–Crippen LogP) is 4.28. The summed E-state index contributed by atoms with van der Waals surface area (Å²) in [5.74, 6) is 0.0293. The monoisotopic (exact) mass is 406 g/mol. The standard InChI is InChI=1S/C25H30N2O3/c1-2-26-24(28)23(17-11-13-18(14-12-17)25(29)30)21-9-5-6-10-22(21)27-15-19-7-3-4-8-20(19)16-27/h5-6,9-14,19-20,23H,2-4,7-8,15-16H2,1H3,(H,26,28)(H,29,30). The second-order valence-corrected chi connectivity index (χ2v) is 8.52. The van der Waals surface area contributed by atoms with Gasteiger partial charge < -0.3 is 15.3 Å². The van der Waals surface area contributed by atoms with Crippen molar-refractivity contribution in [2.24, 2.45) is 11.8 Å². The molecule has 1 saturated carbocycles. The molecule has 0 spiro atoms. The van der Waals surface area contributed by atoms with Gasteiger partial charge in [-0.2, -0.15) is 0 Å². The van der Waals surface area contributed by atoms with Gasteiger partial charge in [-0.1, -0.05) is 43.2 Å². The van der Waals surface area contributed by atoms with Crippen LogP contribution in [0.25, 0.3) is 0 Å². The van der Waals surface area contributed by atoms with Crippen LogP contribution >= 0.6 is 0 Å². The second kappa shape index (κ2) is 8.90. The molecule has 0 aromatic heterocycles. The Morgan fingerprint density at radius 3 is 2.27 bits per heavy atom. The molecule has 1 aliphatic heterocycles. The molecule has 1 heterocycles. The van der Waals surface area contributed by atoms with E-state index in [1.165, 1.54) is 25.7 Å². The first-order valence-corrected chi connectivity index (χ1v) is 11.0. The molecular weight excluding hydrogens is 376 g/mol. The summed E-state index contributed by atoms with van der Waals surface area (Å²) in [6.45, 7) is 4.58. The number of para-hydroxylation sites is 1. The van der Waals surface area contributed by atoms with Crippen molar-refractivity contribution in [2.75, 3.05) is 24.5 Å². The Balaban J connectivity index is 1.71. The molecule has 1 saturated heterocycles. The fourth-order valence-electron chi connectivity index (χ4n) is 5.19. The average molecular weight is 407 g/mol. The van der Waals surface area contributed by atoms with Gasteiger partial charge in [0.2, 0.25) is 5.91 Å². The van der Waals surface area contributed by atoms with Gasteiger partial charge in [0.25, 0.3) is 0 Å². The minimum absolute atomic E-state index is 0.0513. The Hall–Kier alpha value is -2.82. The third-order valence-electron chi connectivity index (χ3n) is 6.67. The van der Waals surface area contributed by atoms with Gasteiger partial charge in [0.15, 0.2) is 0 Å². The molecule has 3 unspecified atom stereocenters. The van der Waals surface area contributed by atoms with Crippen LogP contribution in [0.5, 0.6) is 0 Å². The maximum atomic E-state index is 13.1. The molecule has 2 fully saturated rings. The number of carbonyl (C=O) groups is 2. The number of benzene rings is 2. The number of aromatic carboxylic acids is 1. The van der Waals surface area contributed by atoms with E-state index in [1.807, 2.05) is 25.1 Å². The zero-order chi connectivity index (χ0) is 21.1. The smallest absolute Gasteiger partial charge is 0.335 e. The minimum Gasteiger partial charge on any atom is -0.478 e. The van der Waals surface area contributed by atoms with E-state index in [2.05, 4.69) is 16.3 Å². The summed E-state index contributed by atoms with van der Waals surface area (Å²) in [6.07, 6.45) is 5.27. The van der Waals surface area contributed by atoms with E-state index in [4.69, 9.17) is 0 Å². The number of nitrogens with one attached hydrogen (secondary N) is 1. The molecule has 2 aromatic carbocycles. The van der Waals surface area contributed by atoms with Crippen molar-refractivity contribution in [3.05, 3.63) is 65.2 Å². The first-order chi connectivity index (χ1) is 14.6. The summed E-state index contributed by atoms with van der Waals surface area (Å²) >= 11 is 0. The lowest BCUT2D eigenvalue weighted by Crippen LogP contribution is -2.31. The number of rotatable bonds is 6. The van der Waals surface area contributed by atoms with Crippen LogP contribution in [0, 0.1) is 11.8 Å². The highest BCUT2D eigenvalue weighted by atomic mass is 16.4. The van der Waals surface area contributed by atoms with Gasteiger partial charge in [0, 0.05) is 25.3 Å². The maximum Gasteiger partial charge on any atom is 0.335 e. The first kappa shape index (κ1) is 20.5. The Labute approximate surface area is 178 Å². The molecule has 2 aromatic rings. The van der Waals surface area contributed by atoms with Crippen molar-refractivity contribution in [2.45, 2.75) is 38.5 Å². The van der Waals surface area contributed by atoms with Crippen molar-refractivity contribution < 1.29 is 14.7 Å². The number of nitrogens with zero attached hydrogens (tertiary/aromatic N) is 1. The molecule has 1 aliphatic carbocycles. The van der Waals surface area contributed by atoms with Crippen LogP contribution in [-0.4, -0.2) is 36.6 Å². The Kier molecular flexibility index (Phi) is 6.07. The van der Waals surface area contributed by atoms with Crippen LogP contribution in [0.2, 0.25) is 0 Å². The largest absolute Gasteiger partial charge is 0.478 e. The van der Waals surface area contributed by atoms with Gasteiger partial charge in [-0.25, -0.2) is 4.79 Å². The maximum absolute atomic E-state index is 13.1. The average Bonchev–Trinajstić information content (AvgIpc) is 3.19. The van der Waals surface area contributed by atoms with Gasteiger partial charge in [0.1, 0.15) is 0 Å². The molecule has 158 valence electrons. The number of anilines is 1. The third-order valence-corrected chi connectivity index (χ3v) is 6.67. The number of amides is 1. The number of carboxylic acid groups (broad SMARTS) is 1. The second-order valence-electron chi connectivity index (χ2n) is 8.52. The summed E-state index contributed by atoms with van der Waals surface area (Å²) in [6, 6.07) is 14.9. The lowest BCUT2D eigenvalue weighted by Gasteiger charge is -2.26. The van der Waals surface area contributed by atoms with Gasteiger partial charge in [-0.15, -0.1) is 0 Å². The Bertz CT molecular complexity index is 895. The molecule has 2 aliphatic rings. The summed E-state index contributed by atoms with van der Waals surface area (Å²) in [7, 11) is 0. The third kappa shape index (κ3) is 4.07. The van der Waals surface area contributed by atoms with Crippen LogP contribution in [-0.2, 0) is 4.79 Å². The summed E-state index contributed by atoms with van der Waals surface area (Å²) in [5.41, 5.74) is 3.16. The van der Waals surface area contributed by atoms with Crippen molar-refractivity contribution in [1.29, 1.82) is 0 Å². The topological polar surface area (TPSA) is 69.6 Å². The van der Waals surface area contributed by atoms with E-state index < -0.39 is 11.9 Å². The summed E-state index contributed by atoms with van der Waals surface area (Å²) in [4.78, 5) is 26.9. The highest BCUT2D eigenvalue weighted by molar-refractivity contribution is 5.90. The fourth-order valence-corrected chi connectivity index (χ4v) is 5.19. The number of hydrogen-bond donors (Lipinski definition) is 2. The molecule has 30 heavy (non-hydrogen) atoms. The van der Waals surface area contributed by atoms with Gasteiger partial charge in [0.05, 0.1) is 11.5 Å². The van der Waals surface area contributed by atoms with E-state index in [-0.39, 0.29) is 11.5 Å². The highest BCUT2D eigenvalue weighted by Crippen LogP contribution is 2.41. The van der Waals surface area contributed by atoms with E-state index in [0.717, 1.165) is 41.7 Å². The molecule has 0 radical (unpaired) electrons. The molecule has 1 amide bonds. The van der Waals surface area contributed by atoms with Crippen LogP contribution in [0.4, 0.5) is 5.69 Å². The minimum atomic E-state index is -0.962. The predicted molar refractivity (Wildman–Crippen MR) is 118 cm³/mol. The number of hydrogen-bond acceptors (Lipinski definition) is 3. The van der Waals surface area contributed by atoms with Crippen molar-refractivity contribution in [1.82, 2.24) is 5.32 Å². The number of fused-ring (bicyclic) bond motifs is 1. The van der Waals surface area contributed by atoms with Gasteiger partial charge in [-0.3, -0.25) is 4.79 Å². The van der Waals surface area contributed by atoms with Gasteiger partial charge >= 0.3 is 5.97 Å². The molecule has 3 atom stereocenters. The van der Waals surface area contributed by atoms with Crippen LogP contribution in [0.1, 0.15) is 60.0 Å². The molecule has 0 bridgehead atoms. The quantitative estimate of drug-likeness (QED) is 0.751. The van der Waals surface area contributed by atoms with Crippen molar-refractivity contribution >= 4 is 17.6 Å². The highest BCUT2D eigenvalue weighted by Gasteiger charge is 2.36. The molecule has 2 N–H and O–H groups in total.